The van der Waals surface area contributed by atoms with E-state index in [4.69, 9.17) is 0 Å². The Kier molecular flexibility index (Phi) is 7.02. The molecule has 0 aliphatic heterocycles. The van der Waals surface area contributed by atoms with E-state index < -0.39 is 11.7 Å². The average molecular weight is 288 g/mol. The summed E-state index contributed by atoms with van der Waals surface area (Å²) in [6, 6.07) is 5.72. The zero-order chi connectivity index (χ0) is 15.0. The first-order chi connectivity index (χ1) is 9.49. The van der Waals surface area contributed by atoms with Crippen molar-refractivity contribution in [3.8, 4) is 0 Å². The molecular formula is C15H23F3N2. The lowest BCUT2D eigenvalue weighted by molar-refractivity contribution is -0.138. The van der Waals surface area contributed by atoms with Gasteiger partial charge in [-0.25, -0.2) is 0 Å². The second-order valence-electron chi connectivity index (χ2n) is 4.77. The van der Waals surface area contributed by atoms with Crippen LogP contribution in [-0.2, 0) is 12.7 Å². The van der Waals surface area contributed by atoms with E-state index in [1.807, 2.05) is 0 Å². The van der Waals surface area contributed by atoms with E-state index in [1.54, 1.807) is 6.07 Å². The monoisotopic (exact) mass is 288 g/mol. The van der Waals surface area contributed by atoms with E-state index in [0.29, 0.717) is 12.1 Å². The molecule has 2 nitrogen and oxygen atoms in total. The molecule has 0 aliphatic carbocycles. The third kappa shape index (κ3) is 5.51. The SMILES string of the molecule is CCCN(CC)CCNCc1ccccc1C(F)(F)F. The number of nitrogens with one attached hydrogen (secondary N) is 1. The van der Waals surface area contributed by atoms with Gasteiger partial charge < -0.3 is 10.2 Å². The molecule has 0 unspecified atom stereocenters. The van der Waals surface area contributed by atoms with Crippen LogP contribution in [0.2, 0.25) is 0 Å². The smallest absolute Gasteiger partial charge is 0.311 e. The standard InChI is InChI=1S/C15H23F3N2/c1-3-10-20(4-2)11-9-19-12-13-7-5-6-8-14(13)15(16,17)18/h5-8,19H,3-4,9-12H2,1-2H3. The molecule has 20 heavy (non-hydrogen) atoms. The minimum atomic E-state index is -4.28. The topological polar surface area (TPSA) is 15.3 Å². The Bertz CT molecular complexity index is 391. The van der Waals surface area contributed by atoms with Crippen LogP contribution in [-0.4, -0.2) is 31.1 Å². The van der Waals surface area contributed by atoms with Crippen molar-refractivity contribution in [2.75, 3.05) is 26.2 Å². The molecule has 0 amide bonds. The highest BCUT2D eigenvalue weighted by Gasteiger charge is 2.32. The summed E-state index contributed by atoms with van der Waals surface area (Å²) in [5.74, 6) is 0. The highest BCUT2D eigenvalue weighted by atomic mass is 19.4. The summed E-state index contributed by atoms with van der Waals surface area (Å²) >= 11 is 0. The van der Waals surface area contributed by atoms with Crippen molar-refractivity contribution in [3.05, 3.63) is 35.4 Å². The first-order valence-corrected chi connectivity index (χ1v) is 7.07. The summed E-state index contributed by atoms with van der Waals surface area (Å²) in [5.41, 5.74) is -0.244. The average Bonchev–Trinajstić information content (AvgIpc) is 2.41. The molecule has 0 aliphatic rings. The van der Waals surface area contributed by atoms with Gasteiger partial charge in [-0.1, -0.05) is 32.0 Å². The Hall–Kier alpha value is -1.07. The molecule has 0 atom stereocenters. The van der Waals surface area contributed by atoms with Gasteiger partial charge in [0.2, 0.25) is 0 Å². The summed E-state index contributed by atoms with van der Waals surface area (Å²) in [5, 5.41) is 3.10. The van der Waals surface area contributed by atoms with Gasteiger partial charge in [-0.05, 0) is 31.1 Å². The van der Waals surface area contributed by atoms with Gasteiger partial charge in [0.25, 0.3) is 0 Å². The van der Waals surface area contributed by atoms with Crippen molar-refractivity contribution >= 4 is 0 Å². The fourth-order valence-corrected chi connectivity index (χ4v) is 2.16. The third-order valence-electron chi connectivity index (χ3n) is 3.23. The molecule has 1 rings (SSSR count). The van der Waals surface area contributed by atoms with Gasteiger partial charge in [0, 0.05) is 19.6 Å². The number of alkyl halides is 3. The normalized spacial score (nSPS) is 12.1. The van der Waals surface area contributed by atoms with Crippen molar-refractivity contribution < 1.29 is 13.2 Å². The van der Waals surface area contributed by atoms with Gasteiger partial charge >= 0.3 is 6.18 Å². The molecule has 0 fully saturated rings. The fourth-order valence-electron chi connectivity index (χ4n) is 2.16. The Morgan fingerprint density at radius 1 is 1.10 bits per heavy atom. The van der Waals surface area contributed by atoms with Crippen LogP contribution in [0.15, 0.2) is 24.3 Å². The molecule has 1 aromatic carbocycles. The molecular weight excluding hydrogens is 265 g/mol. The van der Waals surface area contributed by atoms with E-state index in [9.17, 15) is 13.2 Å². The number of likely N-dealkylation sites (N-methyl/N-ethyl adjacent to an activating group) is 1. The molecule has 1 N–H and O–H groups in total. The van der Waals surface area contributed by atoms with Crippen LogP contribution in [0.4, 0.5) is 13.2 Å². The zero-order valence-electron chi connectivity index (χ0n) is 12.1. The largest absolute Gasteiger partial charge is 0.416 e. The fraction of sp³-hybridized carbons (Fsp3) is 0.600. The van der Waals surface area contributed by atoms with Crippen LogP contribution in [0.25, 0.3) is 0 Å². The molecule has 0 saturated heterocycles. The van der Waals surface area contributed by atoms with Crippen LogP contribution in [0.1, 0.15) is 31.4 Å². The number of rotatable bonds is 8. The quantitative estimate of drug-likeness (QED) is 0.736. The molecule has 0 saturated carbocycles. The Morgan fingerprint density at radius 2 is 1.80 bits per heavy atom. The molecule has 0 heterocycles. The van der Waals surface area contributed by atoms with E-state index in [-0.39, 0.29) is 6.54 Å². The van der Waals surface area contributed by atoms with Crippen molar-refractivity contribution in [2.24, 2.45) is 0 Å². The van der Waals surface area contributed by atoms with Gasteiger partial charge in [-0.2, -0.15) is 13.2 Å². The number of hydrogen-bond donors (Lipinski definition) is 1. The highest BCUT2D eigenvalue weighted by Crippen LogP contribution is 2.31. The lowest BCUT2D eigenvalue weighted by atomic mass is 10.1. The van der Waals surface area contributed by atoms with E-state index >= 15 is 0 Å². The number of benzene rings is 1. The minimum Gasteiger partial charge on any atom is -0.311 e. The maximum Gasteiger partial charge on any atom is 0.416 e. The predicted octanol–water partition coefficient (Wildman–Crippen LogP) is 3.53. The number of hydrogen-bond acceptors (Lipinski definition) is 2. The Morgan fingerprint density at radius 3 is 2.40 bits per heavy atom. The van der Waals surface area contributed by atoms with Gasteiger partial charge in [0.15, 0.2) is 0 Å². The van der Waals surface area contributed by atoms with Crippen molar-refractivity contribution in [1.29, 1.82) is 0 Å². The van der Waals surface area contributed by atoms with Crippen molar-refractivity contribution in [2.45, 2.75) is 33.0 Å². The summed E-state index contributed by atoms with van der Waals surface area (Å²) in [6.45, 7) is 8.01. The molecule has 0 radical (unpaired) electrons. The molecule has 5 heteroatoms. The van der Waals surface area contributed by atoms with E-state index in [0.717, 1.165) is 32.1 Å². The Balaban J connectivity index is 2.46. The lowest BCUT2D eigenvalue weighted by Crippen LogP contribution is -2.32. The van der Waals surface area contributed by atoms with Gasteiger partial charge in [-0.15, -0.1) is 0 Å². The minimum absolute atomic E-state index is 0.249. The van der Waals surface area contributed by atoms with Crippen molar-refractivity contribution in [1.82, 2.24) is 10.2 Å². The van der Waals surface area contributed by atoms with Crippen molar-refractivity contribution in [3.63, 3.8) is 0 Å². The second-order valence-corrected chi connectivity index (χ2v) is 4.77. The van der Waals surface area contributed by atoms with Gasteiger partial charge in [-0.3, -0.25) is 0 Å². The van der Waals surface area contributed by atoms with E-state index in [1.165, 1.54) is 12.1 Å². The van der Waals surface area contributed by atoms with Crippen LogP contribution in [0.3, 0.4) is 0 Å². The molecule has 114 valence electrons. The summed E-state index contributed by atoms with van der Waals surface area (Å²) < 4.78 is 38.4. The molecule has 0 bridgehead atoms. The van der Waals surface area contributed by atoms with Crippen LogP contribution >= 0.6 is 0 Å². The predicted molar refractivity (Wildman–Crippen MR) is 75.6 cm³/mol. The van der Waals surface area contributed by atoms with Gasteiger partial charge in [0.05, 0.1) is 5.56 Å². The molecule has 0 aromatic heterocycles. The van der Waals surface area contributed by atoms with Crippen LogP contribution < -0.4 is 5.32 Å². The number of nitrogens with zero attached hydrogens (tertiary/aromatic N) is 1. The Labute approximate surface area is 119 Å². The second kappa shape index (κ2) is 8.27. The highest BCUT2D eigenvalue weighted by molar-refractivity contribution is 5.29. The van der Waals surface area contributed by atoms with E-state index in [2.05, 4.69) is 24.1 Å². The molecule has 0 spiro atoms. The molecule has 1 aromatic rings. The van der Waals surface area contributed by atoms with Crippen LogP contribution in [0.5, 0.6) is 0 Å². The number of halogens is 3. The summed E-state index contributed by atoms with van der Waals surface area (Å²) in [4.78, 5) is 2.28. The third-order valence-corrected chi connectivity index (χ3v) is 3.23. The summed E-state index contributed by atoms with van der Waals surface area (Å²) in [7, 11) is 0. The maximum absolute atomic E-state index is 12.8. The first-order valence-electron chi connectivity index (χ1n) is 7.07. The lowest BCUT2D eigenvalue weighted by Gasteiger charge is -2.20. The van der Waals surface area contributed by atoms with Gasteiger partial charge in [0.1, 0.15) is 0 Å². The summed E-state index contributed by atoms with van der Waals surface area (Å²) in [6.07, 6.45) is -3.19. The zero-order valence-corrected chi connectivity index (χ0v) is 12.1. The maximum atomic E-state index is 12.8. The van der Waals surface area contributed by atoms with Crippen LogP contribution in [0, 0.1) is 0 Å². The first kappa shape index (κ1) is 17.0.